The van der Waals surface area contributed by atoms with Gasteiger partial charge in [-0.15, -0.1) is 11.3 Å². The summed E-state index contributed by atoms with van der Waals surface area (Å²) in [4.78, 5) is 4.38. The van der Waals surface area contributed by atoms with E-state index in [9.17, 15) is 0 Å². The van der Waals surface area contributed by atoms with Crippen molar-refractivity contribution in [3.05, 3.63) is 28.9 Å². The van der Waals surface area contributed by atoms with Crippen LogP contribution in [-0.4, -0.2) is 12.1 Å². The summed E-state index contributed by atoms with van der Waals surface area (Å²) >= 11 is 1.57. The quantitative estimate of drug-likeness (QED) is 0.867. The molecule has 0 fully saturated rings. The minimum atomic E-state index is 0.00244. The lowest BCUT2D eigenvalue weighted by Gasteiger charge is -2.07. The van der Waals surface area contributed by atoms with Crippen molar-refractivity contribution in [1.29, 1.82) is 10.5 Å². The molecule has 0 aliphatic carbocycles. The molecular weight excluding hydrogens is 260 g/mol. The molecule has 5 nitrogen and oxygen atoms in total. The molecule has 1 aromatic carbocycles. The lowest BCUT2D eigenvalue weighted by molar-refractivity contribution is 0.417. The second-order valence-electron chi connectivity index (χ2n) is 3.68. The lowest BCUT2D eigenvalue weighted by atomic mass is 10.2. The third-order valence-electron chi connectivity index (χ3n) is 2.43. The van der Waals surface area contributed by atoms with Gasteiger partial charge in [0.15, 0.2) is 0 Å². The van der Waals surface area contributed by atoms with Crippen LogP contribution in [0.5, 0.6) is 5.75 Å². The number of benzene rings is 1. The van der Waals surface area contributed by atoms with Crippen molar-refractivity contribution in [2.45, 2.75) is 6.92 Å². The van der Waals surface area contributed by atoms with E-state index in [1.807, 2.05) is 19.1 Å². The molecule has 0 amide bonds. The predicted octanol–water partition coefficient (Wildman–Crippen LogP) is 2.96. The number of nitrogens with one attached hydrogen (secondary N) is 1. The Labute approximate surface area is 114 Å². The molecule has 0 saturated carbocycles. The average Bonchev–Trinajstić information content (AvgIpc) is 2.77. The number of rotatable bonds is 3. The van der Waals surface area contributed by atoms with Gasteiger partial charge in [-0.05, 0) is 13.0 Å². The Balaban J connectivity index is 2.44. The van der Waals surface area contributed by atoms with Gasteiger partial charge < -0.3 is 10.1 Å². The predicted molar refractivity (Wildman–Crippen MR) is 73.8 cm³/mol. The number of fused-ring (bicyclic) bond motifs is 1. The molecule has 0 aliphatic heterocycles. The number of allylic oxidation sites excluding steroid dienone is 1. The summed E-state index contributed by atoms with van der Waals surface area (Å²) in [6, 6.07) is 7.29. The topological polar surface area (TPSA) is 81.7 Å². The highest BCUT2D eigenvalue weighted by molar-refractivity contribution is 7.18. The van der Waals surface area contributed by atoms with Gasteiger partial charge in [-0.25, -0.2) is 4.98 Å². The van der Waals surface area contributed by atoms with Crippen molar-refractivity contribution in [2.75, 3.05) is 12.4 Å². The summed E-state index contributed by atoms with van der Waals surface area (Å²) in [5.41, 5.74) is 1.57. The van der Waals surface area contributed by atoms with E-state index in [0.717, 1.165) is 15.2 Å². The molecule has 0 aliphatic rings. The van der Waals surface area contributed by atoms with Crippen molar-refractivity contribution >= 4 is 27.2 Å². The fourth-order valence-corrected chi connectivity index (χ4v) is 2.44. The molecule has 2 aromatic rings. The number of nitriles is 2. The van der Waals surface area contributed by atoms with Gasteiger partial charge in [-0.2, -0.15) is 10.5 Å². The zero-order chi connectivity index (χ0) is 13.8. The molecule has 6 heteroatoms. The van der Waals surface area contributed by atoms with Crippen molar-refractivity contribution in [2.24, 2.45) is 0 Å². The Morgan fingerprint density at radius 1 is 1.42 bits per heavy atom. The Kier molecular flexibility index (Phi) is 3.65. The Morgan fingerprint density at radius 2 is 2.16 bits per heavy atom. The molecule has 0 spiro atoms. The molecule has 0 atom stereocenters. The van der Waals surface area contributed by atoms with Crippen LogP contribution in [-0.2, 0) is 0 Å². The van der Waals surface area contributed by atoms with Crippen LogP contribution in [0.2, 0.25) is 0 Å². The summed E-state index contributed by atoms with van der Waals surface area (Å²) in [7, 11) is 1.56. The molecule has 0 unspecified atom stereocenters. The fourth-order valence-electron chi connectivity index (χ4n) is 1.59. The van der Waals surface area contributed by atoms with Gasteiger partial charge in [0.1, 0.15) is 23.5 Å². The standard InChI is InChI=1S/C13H10N4OS/c1-8-17-11-3-12(18-2)10(4-13(11)19-8)16-7-9(5-14)6-15/h3-4,7,16H,1-2H3. The summed E-state index contributed by atoms with van der Waals surface area (Å²) in [6.45, 7) is 1.94. The third kappa shape index (κ3) is 2.65. The van der Waals surface area contributed by atoms with Crippen molar-refractivity contribution < 1.29 is 4.74 Å². The van der Waals surface area contributed by atoms with E-state index < -0.39 is 0 Å². The molecule has 1 N–H and O–H groups in total. The van der Waals surface area contributed by atoms with Gasteiger partial charge in [0.05, 0.1) is 28.0 Å². The molecule has 2 rings (SSSR count). The van der Waals surface area contributed by atoms with Gasteiger partial charge in [-0.1, -0.05) is 0 Å². The number of hydrogen-bond donors (Lipinski definition) is 1. The first kappa shape index (κ1) is 12.9. The maximum Gasteiger partial charge on any atom is 0.145 e. The van der Waals surface area contributed by atoms with Crippen molar-refractivity contribution in [3.63, 3.8) is 0 Å². The van der Waals surface area contributed by atoms with Crippen LogP contribution in [0.1, 0.15) is 5.01 Å². The molecule has 0 saturated heterocycles. The molecule has 19 heavy (non-hydrogen) atoms. The monoisotopic (exact) mass is 270 g/mol. The van der Waals surface area contributed by atoms with Crippen LogP contribution in [0.3, 0.4) is 0 Å². The van der Waals surface area contributed by atoms with Gasteiger partial charge in [0, 0.05) is 12.3 Å². The van der Waals surface area contributed by atoms with E-state index in [1.54, 1.807) is 30.6 Å². The van der Waals surface area contributed by atoms with Crippen molar-refractivity contribution in [3.8, 4) is 17.9 Å². The highest BCUT2D eigenvalue weighted by Gasteiger charge is 2.08. The zero-order valence-electron chi connectivity index (χ0n) is 10.4. The number of ether oxygens (including phenoxy) is 1. The highest BCUT2D eigenvalue weighted by Crippen LogP contribution is 2.33. The van der Waals surface area contributed by atoms with E-state index in [-0.39, 0.29) is 5.57 Å². The summed E-state index contributed by atoms with van der Waals surface area (Å²) in [5.74, 6) is 0.615. The molecule has 0 bridgehead atoms. The first-order valence-electron chi connectivity index (χ1n) is 5.40. The van der Waals surface area contributed by atoms with Crippen molar-refractivity contribution in [1.82, 2.24) is 4.98 Å². The largest absolute Gasteiger partial charge is 0.494 e. The first-order valence-corrected chi connectivity index (χ1v) is 6.21. The SMILES string of the molecule is COc1cc2nc(C)sc2cc1NC=C(C#N)C#N. The lowest BCUT2D eigenvalue weighted by Crippen LogP contribution is -1.94. The summed E-state index contributed by atoms with van der Waals surface area (Å²) < 4.78 is 6.29. The number of aromatic nitrogens is 1. The Hall–Kier alpha value is -2.57. The molecule has 1 aromatic heterocycles. The maximum atomic E-state index is 8.69. The summed E-state index contributed by atoms with van der Waals surface area (Å²) in [6.07, 6.45) is 1.36. The fraction of sp³-hybridized carbons (Fsp3) is 0.154. The van der Waals surface area contributed by atoms with E-state index in [4.69, 9.17) is 15.3 Å². The first-order chi connectivity index (χ1) is 9.17. The van der Waals surface area contributed by atoms with Gasteiger partial charge in [0.25, 0.3) is 0 Å². The van der Waals surface area contributed by atoms with Gasteiger partial charge in [-0.3, -0.25) is 0 Å². The normalized spacial score (nSPS) is 9.47. The number of nitrogens with zero attached hydrogens (tertiary/aromatic N) is 3. The number of anilines is 1. The average molecular weight is 270 g/mol. The minimum Gasteiger partial charge on any atom is -0.494 e. The zero-order valence-corrected chi connectivity index (χ0v) is 11.2. The number of thiazole rings is 1. The second kappa shape index (κ2) is 5.38. The Bertz CT molecular complexity index is 717. The van der Waals surface area contributed by atoms with Crippen LogP contribution in [0.25, 0.3) is 10.2 Å². The van der Waals surface area contributed by atoms with E-state index in [0.29, 0.717) is 11.4 Å². The third-order valence-corrected chi connectivity index (χ3v) is 3.36. The van der Waals surface area contributed by atoms with E-state index in [1.165, 1.54) is 6.20 Å². The van der Waals surface area contributed by atoms with E-state index in [2.05, 4.69) is 10.3 Å². The van der Waals surface area contributed by atoms with E-state index >= 15 is 0 Å². The maximum absolute atomic E-state index is 8.69. The van der Waals surface area contributed by atoms with Gasteiger partial charge in [0.2, 0.25) is 0 Å². The van der Waals surface area contributed by atoms with Crippen LogP contribution >= 0.6 is 11.3 Å². The van der Waals surface area contributed by atoms with Crippen LogP contribution in [0, 0.1) is 29.6 Å². The molecule has 0 radical (unpaired) electrons. The summed E-state index contributed by atoms with van der Waals surface area (Å²) in [5, 5.41) is 21.3. The van der Waals surface area contributed by atoms with Crippen LogP contribution < -0.4 is 10.1 Å². The minimum absolute atomic E-state index is 0.00244. The number of aryl methyl sites for hydroxylation is 1. The highest BCUT2D eigenvalue weighted by atomic mass is 32.1. The number of hydrogen-bond acceptors (Lipinski definition) is 6. The molecular formula is C13H10N4OS. The molecule has 1 heterocycles. The second-order valence-corrected chi connectivity index (χ2v) is 4.91. The van der Waals surface area contributed by atoms with Gasteiger partial charge >= 0.3 is 0 Å². The number of methoxy groups -OCH3 is 1. The van der Waals surface area contributed by atoms with Crippen LogP contribution in [0.15, 0.2) is 23.9 Å². The Morgan fingerprint density at radius 3 is 2.79 bits per heavy atom. The molecule has 94 valence electrons. The van der Waals surface area contributed by atoms with Crippen LogP contribution in [0.4, 0.5) is 5.69 Å². The smallest absolute Gasteiger partial charge is 0.145 e.